The lowest BCUT2D eigenvalue weighted by atomic mass is 9.98. The van der Waals surface area contributed by atoms with Gasteiger partial charge in [-0.25, -0.2) is 0 Å². The molecule has 5 heteroatoms. The van der Waals surface area contributed by atoms with E-state index >= 15 is 0 Å². The average molecular weight is 230 g/mol. The van der Waals surface area contributed by atoms with Crippen LogP contribution >= 0.6 is 0 Å². The van der Waals surface area contributed by atoms with Crippen LogP contribution in [0.5, 0.6) is 0 Å². The average Bonchev–Trinajstić information content (AvgIpc) is 2.00. The molecular formula is C10H14O4S. The smallest absolute Gasteiger partial charge is 0.274 e. The molecule has 1 rings (SSSR count). The number of aliphatic hydroxyl groups is 1. The Morgan fingerprint density at radius 3 is 2.00 bits per heavy atom. The molecule has 84 valence electrons. The highest BCUT2D eigenvalue weighted by Crippen LogP contribution is 2.32. The van der Waals surface area contributed by atoms with Gasteiger partial charge >= 0.3 is 0 Å². The van der Waals surface area contributed by atoms with Crippen LogP contribution in [-0.4, -0.2) is 23.7 Å². The van der Waals surface area contributed by atoms with Gasteiger partial charge in [-0.05, 0) is 19.4 Å². The van der Waals surface area contributed by atoms with Gasteiger partial charge in [-0.2, -0.15) is 8.42 Å². The molecule has 0 amide bonds. The molecule has 0 unspecified atom stereocenters. The Morgan fingerprint density at radius 1 is 1.20 bits per heavy atom. The van der Waals surface area contributed by atoms with Crippen molar-refractivity contribution in [2.75, 3.05) is 0 Å². The molecule has 0 radical (unpaired) electrons. The molecule has 0 heterocycles. The standard InChI is InChI=1S/C10H14O4S/c1-10(2,11)9(15(12,13)14)8-6-4-3-5-7-8/h3-7,9,11H,1-2H3,(H,12,13,14)/t9-/m0/s1. The summed E-state index contributed by atoms with van der Waals surface area (Å²) in [6.07, 6.45) is 0. The maximum atomic E-state index is 11.2. The fourth-order valence-electron chi connectivity index (χ4n) is 1.57. The number of benzene rings is 1. The van der Waals surface area contributed by atoms with Gasteiger partial charge in [-0.15, -0.1) is 0 Å². The second-order valence-corrected chi connectivity index (χ2v) is 5.46. The van der Waals surface area contributed by atoms with Crippen LogP contribution in [-0.2, 0) is 10.1 Å². The van der Waals surface area contributed by atoms with Crippen LogP contribution < -0.4 is 0 Å². The highest BCUT2D eigenvalue weighted by atomic mass is 32.2. The lowest BCUT2D eigenvalue weighted by Gasteiger charge is -2.26. The maximum absolute atomic E-state index is 11.2. The lowest BCUT2D eigenvalue weighted by molar-refractivity contribution is 0.0722. The second kappa shape index (κ2) is 3.92. The lowest BCUT2D eigenvalue weighted by Crippen LogP contribution is -2.34. The van der Waals surface area contributed by atoms with Crippen LogP contribution in [0.2, 0.25) is 0 Å². The minimum atomic E-state index is -4.33. The van der Waals surface area contributed by atoms with Gasteiger partial charge in [0.25, 0.3) is 10.1 Å². The highest BCUT2D eigenvalue weighted by molar-refractivity contribution is 7.86. The van der Waals surface area contributed by atoms with Crippen molar-refractivity contribution in [2.24, 2.45) is 0 Å². The first-order valence-electron chi connectivity index (χ1n) is 4.46. The fourth-order valence-corrected chi connectivity index (χ4v) is 2.80. The molecule has 1 aromatic rings. The van der Waals surface area contributed by atoms with E-state index in [2.05, 4.69) is 0 Å². The zero-order valence-electron chi connectivity index (χ0n) is 8.58. The molecular weight excluding hydrogens is 216 g/mol. The van der Waals surface area contributed by atoms with Crippen LogP contribution in [0.3, 0.4) is 0 Å². The number of hydrogen-bond donors (Lipinski definition) is 2. The molecule has 0 aliphatic heterocycles. The minimum Gasteiger partial charge on any atom is -0.389 e. The maximum Gasteiger partial charge on any atom is 0.274 e. The first-order valence-corrected chi connectivity index (χ1v) is 5.97. The van der Waals surface area contributed by atoms with E-state index < -0.39 is 21.0 Å². The highest BCUT2D eigenvalue weighted by Gasteiger charge is 2.38. The minimum absolute atomic E-state index is 0.368. The normalized spacial score (nSPS) is 14.9. The third-order valence-electron chi connectivity index (χ3n) is 2.04. The first-order chi connectivity index (χ1) is 6.73. The summed E-state index contributed by atoms with van der Waals surface area (Å²) in [6.45, 7) is 2.69. The van der Waals surface area contributed by atoms with Gasteiger partial charge < -0.3 is 5.11 Å². The van der Waals surface area contributed by atoms with E-state index in [-0.39, 0.29) is 0 Å². The van der Waals surface area contributed by atoms with E-state index in [1.807, 2.05) is 0 Å². The molecule has 4 nitrogen and oxygen atoms in total. The quantitative estimate of drug-likeness (QED) is 0.769. The Hall–Kier alpha value is -0.910. The van der Waals surface area contributed by atoms with E-state index in [1.54, 1.807) is 30.3 Å². The van der Waals surface area contributed by atoms with Crippen molar-refractivity contribution in [3.05, 3.63) is 35.9 Å². The summed E-state index contributed by atoms with van der Waals surface area (Å²) in [5, 5.41) is 8.40. The third kappa shape index (κ3) is 3.02. The van der Waals surface area contributed by atoms with Gasteiger partial charge in [-0.3, -0.25) is 4.55 Å². The van der Waals surface area contributed by atoms with Crippen LogP contribution in [0, 0.1) is 0 Å². The second-order valence-electron chi connectivity index (χ2n) is 3.96. The predicted molar refractivity (Wildman–Crippen MR) is 57.0 cm³/mol. The van der Waals surface area contributed by atoms with Crippen LogP contribution in [0.25, 0.3) is 0 Å². The molecule has 0 bridgehead atoms. The fraction of sp³-hybridized carbons (Fsp3) is 0.400. The topological polar surface area (TPSA) is 74.6 Å². The van der Waals surface area contributed by atoms with E-state index in [1.165, 1.54) is 13.8 Å². The molecule has 0 aliphatic carbocycles. The Balaban J connectivity index is 3.27. The molecule has 0 fully saturated rings. The largest absolute Gasteiger partial charge is 0.389 e. The molecule has 15 heavy (non-hydrogen) atoms. The van der Waals surface area contributed by atoms with Crippen molar-refractivity contribution in [3.63, 3.8) is 0 Å². The van der Waals surface area contributed by atoms with Gasteiger partial charge in [0.05, 0.1) is 5.60 Å². The zero-order chi connectivity index (χ0) is 11.7. The van der Waals surface area contributed by atoms with Gasteiger partial charge in [0.15, 0.2) is 0 Å². The van der Waals surface area contributed by atoms with Crippen LogP contribution in [0.4, 0.5) is 0 Å². The van der Waals surface area contributed by atoms with Crippen molar-refractivity contribution in [2.45, 2.75) is 24.7 Å². The molecule has 0 saturated carbocycles. The molecule has 0 spiro atoms. The summed E-state index contributed by atoms with van der Waals surface area (Å²) < 4.78 is 31.4. The Kier molecular flexibility index (Phi) is 3.18. The van der Waals surface area contributed by atoms with Crippen molar-refractivity contribution >= 4 is 10.1 Å². The molecule has 0 saturated heterocycles. The molecule has 2 N–H and O–H groups in total. The molecule has 1 aromatic carbocycles. The zero-order valence-corrected chi connectivity index (χ0v) is 9.40. The van der Waals surface area contributed by atoms with Crippen LogP contribution in [0.1, 0.15) is 24.7 Å². The molecule has 0 aliphatic rings. The summed E-state index contributed by atoms with van der Waals surface area (Å²) in [5.74, 6) is 0. The van der Waals surface area contributed by atoms with Crippen molar-refractivity contribution in [3.8, 4) is 0 Å². The Morgan fingerprint density at radius 2 is 1.67 bits per heavy atom. The van der Waals surface area contributed by atoms with Crippen molar-refractivity contribution in [1.29, 1.82) is 0 Å². The van der Waals surface area contributed by atoms with E-state index in [9.17, 15) is 13.5 Å². The summed E-state index contributed by atoms with van der Waals surface area (Å²) in [6, 6.07) is 8.14. The first kappa shape index (κ1) is 12.2. The van der Waals surface area contributed by atoms with Crippen molar-refractivity contribution in [1.82, 2.24) is 0 Å². The number of rotatable bonds is 3. The van der Waals surface area contributed by atoms with E-state index in [0.29, 0.717) is 5.56 Å². The Bertz CT molecular complexity index is 416. The number of hydrogen-bond acceptors (Lipinski definition) is 3. The summed E-state index contributed by atoms with van der Waals surface area (Å²) >= 11 is 0. The summed E-state index contributed by atoms with van der Waals surface area (Å²) in [5.41, 5.74) is -1.16. The predicted octanol–water partition coefficient (Wildman–Crippen LogP) is 1.39. The SMILES string of the molecule is CC(C)(O)[C@H](c1ccccc1)S(=O)(=O)O. The van der Waals surface area contributed by atoms with Gasteiger partial charge in [-0.1, -0.05) is 30.3 Å². The van der Waals surface area contributed by atoms with Gasteiger partial charge in [0.2, 0.25) is 0 Å². The van der Waals surface area contributed by atoms with Gasteiger partial charge in [0, 0.05) is 0 Å². The molecule has 1 atom stereocenters. The van der Waals surface area contributed by atoms with Crippen LogP contribution in [0.15, 0.2) is 30.3 Å². The third-order valence-corrected chi connectivity index (χ3v) is 3.49. The summed E-state index contributed by atoms with van der Waals surface area (Å²) in [7, 11) is -4.33. The van der Waals surface area contributed by atoms with Crippen molar-refractivity contribution < 1.29 is 18.1 Å². The summed E-state index contributed by atoms with van der Waals surface area (Å²) in [4.78, 5) is 0. The Labute approximate surface area is 89.3 Å². The van der Waals surface area contributed by atoms with Gasteiger partial charge in [0.1, 0.15) is 5.25 Å². The molecule has 0 aromatic heterocycles. The monoisotopic (exact) mass is 230 g/mol. The van der Waals surface area contributed by atoms with E-state index in [4.69, 9.17) is 4.55 Å². The van der Waals surface area contributed by atoms with E-state index in [0.717, 1.165) is 0 Å².